The zero-order chi connectivity index (χ0) is 23.2. The number of anilines is 2. The van der Waals surface area contributed by atoms with Crippen molar-refractivity contribution >= 4 is 23.2 Å². The Morgan fingerprint density at radius 1 is 0.788 bits per heavy atom. The normalized spacial score (nSPS) is 10.5. The van der Waals surface area contributed by atoms with Crippen molar-refractivity contribution in [3.05, 3.63) is 114 Å². The average molecular weight is 438 g/mol. The molecule has 0 aliphatic heterocycles. The predicted octanol–water partition coefficient (Wildman–Crippen LogP) is 4.59. The topological polar surface area (TPSA) is 88.1 Å². The van der Waals surface area contributed by atoms with E-state index in [0.717, 1.165) is 17.1 Å². The molecule has 3 aromatic heterocycles. The highest BCUT2D eigenvalue weighted by Crippen LogP contribution is 2.22. The number of rotatable bonds is 6. The van der Waals surface area contributed by atoms with Gasteiger partial charge in [-0.15, -0.1) is 0 Å². The third-order valence-electron chi connectivity index (χ3n) is 4.96. The Morgan fingerprint density at radius 3 is 2.09 bits per heavy atom. The van der Waals surface area contributed by atoms with Gasteiger partial charge in [0.05, 0.1) is 12.2 Å². The number of aryl methyl sites for hydroxylation is 2. The van der Waals surface area contributed by atoms with Crippen molar-refractivity contribution in [3.8, 4) is 0 Å². The molecule has 0 spiro atoms. The van der Waals surface area contributed by atoms with E-state index in [9.17, 15) is 9.59 Å². The molecule has 4 aromatic rings. The van der Waals surface area contributed by atoms with Gasteiger partial charge in [-0.25, -0.2) is 9.97 Å². The second-order valence-electron chi connectivity index (χ2n) is 7.54. The molecule has 1 N–H and O–H groups in total. The fraction of sp³-hybridized carbons (Fsp3) is 0.115. The Kier molecular flexibility index (Phi) is 6.50. The summed E-state index contributed by atoms with van der Waals surface area (Å²) in [5.41, 5.74) is 4.26. The standard InChI is InChI=1S/C26H23N5O2/c1-18-7-5-10-23(28-18)25(32)30-20-12-14-22(15-13-20)31(17-21-9-3-4-16-27-21)26(33)24-11-6-8-19(2)29-24/h3-16H,17H2,1-2H3,(H,30,32). The van der Waals surface area contributed by atoms with Gasteiger partial charge in [0, 0.05) is 29.0 Å². The summed E-state index contributed by atoms with van der Waals surface area (Å²) in [6, 6.07) is 23.3. The zero-order valence-corrected chi connectivity index (χ0v) is 18.4. The van der Waals surface area contributed by atoms with E-state index in [-0.39, 0.29) is 18.4 Å². The van der Waals surface area contributed by atoms with Gasteiger partial charge in [0.2, 0.25) is 0 Å². The lowest BCUT2D eigenvalue weighted by Gasteiger charge is -2.23. The van der Waals surface area contributed by atoms with Crippen molar-refractivity contribution < 1.29 is 9.59 Å². The summed E-state index contributed by atoms with van der Waals surface area (Å²) in [5.74, 6) is -0.526. The highest BCUT2D eigenvalue weighted by Gasteiger charge is 2.20. The highest BCUT2D eigenvalue weighted by atomic mass is 16.2. The van der Waals surface area contributed by atoms with Crippen molar-refractivity contribution in [1.29, 1.82) is 0 Å². The minimum Gasteiger partial charge on any atom is -0.321 e. The quantitative estimate of drug-likeness (QED) is 0.477. The first-order valence-electron chi connectivity index (χ1n) is 10.5. The van der Waals surface area contributed by atoms with Crippen LogP contribution in [0.2, 0.25) is 0 Å². The maximum absolute atomic E-state index is 13.3. The van der Waals surface area contributed by atoms with E-state index in [4.69, 9.17) is 0 Å². The van der Waals surface area contributed by atoms with Crippen LogP contribution in [0, 0.1) is 13.8 Å². The van der Waals surface area contributed by atoms with Gasteiger partial charge in [-0.1, -0.05) is 18.2 Å². The third kappa shape index (κ3) is 5.46. The Labute approximate surface area is 192 Å². The van der Waals surface area contributed by atoms with E-state index in [0.29, 0.717) is 22.8 Å². The molecule has 0 atom stereocenters. The predicted molar refractivity (Wildman–Crippen MR) is 127 cm³/mol. The second kappa shape index (κ2) is 9.82. The molecular formula is C26H23N5O2. The average Bonchev–Trinajstić information content (AvgIpc) is 2.83. The Hall–Kier alpha value is -4.39. The minimum absolute atomic E-state index is 0.231. The third-order valence-corrected chi connectivity index (χ3v) is 4.96. The molecule has 0 bridgehead atoms. The minimum atomic E-state index is -0.295. The lowest BCUT2D eigenvalue weighted by atomic mass is 10.2. The molecule has 0 fully saturated rings. The molecule has 4 rings (SSSR count). The number of hydrogen-bond donors (Lipinski definition) is 1. The number of carbonyl (C=O) groups excluding carboxylic acids is 2. The summed E-state index contributed by atoms with van der Waals surface area (Å²) in [4.78, 5) is 40.4. The number of aromatic nitrogens is 3. The van der Waals surface area contributed by atoms with Gasteiger partial charge in [-0.05, 0) is 74.5 Å². The Morgan fingerprint density at radius 2 is 1.45 bits per heavy atom. The van der Waals surface area contributed by atoms with E-state index in [2.05, 4.69) is 20.3 Å². The molecule has 0 unspecified atom stereocenters. The molecule has 0 radical (unpaired) electrons. The molecule has 0 aliphatic rings. The van der Waals surface area contributed by atoms with E-state index in [1.165, 1.54) is 0 Å². The SMILES string of the molecule is Cc1cccc(C(=O)Nc2ccc(N(Cc3ccccn3)C(=O)c3cccc(C)n3)cc2)n1. The van der Waals surface area contributed by atoms with Crippen LogP contribution in [0.15, 0.2) is 85.1 Å². The van der Waals surface area contributed by atoms with Gasteiger partial charge in [-0.3, -0.25) is 14.6 Å². The van der Waals surface area contributed by atoms with Crippen molar-refractivity contribution in [3.63, 3.8) is 0 Å². The molecule has 0 saturated heterocycles. The molecular weight excluding hydrogens is 414 g/mol. The van der Waals surface area contributed by atoms with Crippen molar-refractivity contribution in [2.45, 2.75) is 20.4 Å². The Bertz CT molecular complexity index is 1270. The van der Waals surface area contributed by atoms with Crippen LogP contribution in [0.25, 0.3) is 0 Å². The highest BCUT2D eigenvalue weighted by molar-refractivity contribution is 6.05. The zero-order valence-electron chi connectivity index (χ0n) is 18.4. The first kappa shape index (κ1) is 21.8. The largest absolute Gasteiger partial charge is 0.321 e. The van der Waals surface area contributed by atoms with Crippen molar-refractivity contribution in [2.24, 2.45) is 0 Å². The fourth-order valence-corrected chi connectivity index (χ4v) is 3.32. The van der Waals surface area contributed by atoms with Crippen LogP contribution in [0.3, 0.4) is 0 Å². The fourth-order valence-electron chi connectivity index (χ4n) is 3.32. The summed E-state index contributed by atoms with van der Waals surface area (Å²) in [5, 5.41) is 2.84. The van der Waals surface area contributed by atoms with E-state index >= 15 is 0 Å². The molecule has 7 nitrogen and oxygen atoms in total. The maximum atomic E-state index is 13.3. The van der Waals surface area contributed by atoms with Crippen molar-refractivity contribution in [2.75, 3.05) is 10.2 Å². The summed E-state index contributed by atoms with van der Waals surface area (Å²) in [6.45, 7) is 3.97. The smallest absolute Gasteiger partial charge is 0.277 e. The van der Waals surface area contributed by atoms with Gasteiger partial charge in [-0.2, -0.15) is 0 Å². The number of amides is 2. The molecule has 0 saturated carbocycles. The van der Waals surface area contributed by atoms with Crippen LogP contribution in [0.4, 0.5) is 11.4 Å². The molecule has 1 aromatic carbocycles. The van der Waals surface area contributed by atoms with Gasteiger partial charge in [0.15, 0.2) is 0 Å². The van der Waals surface area contributed by atoms with E-state index in [1.54, 1.807) is 53.6 Å². The summed E-state index contributed by atoms with van der Waals surface area (Å²) < 4.78 is 0. The summed E-state index contributed by atoms with van der Waals surface area (Å²) in [6.07, 6.45) is 1.70. The van der Waals surface area contributed by atoms with Crippen LogP contribution in [-0.4, -0.2) is 26.8 Å². The first-order chi connectivity index (χ1) is 16.0. The van der Waals surface area contributed by atoms with Gasteiger partial charge in [0.25, 0.3) is 11.8 Å². The molecule has 164 valence electrons. The van der Waals surface area contributed by atoms with E-state index < -0.39 is 0 Å². The lowest BCUT2D eigenvalue weighted by Crippen LogP contribution is -2.31. The van der Waals surface area contributed by atoms with Crippen LogP contribution < -0.4 is 10.2 Å². The number of carbonyl (C=O) groups is 2. The van der Waals surface area contributed by atoms with Crippen LogP contribution in [-0.2, 0) is 6.54 Å². The monoisotopic (exact) mass is 437 g/mol. The van der Waals surface area contributed by atoms with Crippen LogP contribution >= 0.6 is 0 Å². The van der Waals surface area contributed by atoms with Gasteiger partial charge in [0.1, 0.15) is 11.4 Å². The van der Waals surface area contributed by atoms with Crippen LogP contribution in [0.1, 0.15) is 38.1 Å². The lowest BCUT2D eigenvalue weighted by molar-refractivity contribution is 0.0978. The number of benzene rings is 1. The Balaban J connectivity index is 1.58. The van der Waals surface area contributed by atoms with Gasteiger partial charge >= 0.3 is 0 Å². The van der Waals surface area contributed by atoms with Gasteiger partial charge < -0.3 is 10.2 Å². The molecule has 33 heavy (non-hydrogen) atoms. The molecule has 7 heteroatoms. The first-order valence-corrected chi connectivity index (χ1v) is 10.5. The maximum Gasteiger partial charge on any atom is 0.277 e. The number of nitrogens with one attached hydrogen (secondary N) is 1. The molecule has 2 amide bonds. The van der Waals surface area contributed by atoms with Crippen LogP contribution in [0.5, 0.6) is 0 Å². The number of hydrogen-bond acceptors (Lipinski definition) is 5. The summed E-state index contributed by atoms with van der Waals surface area (Å²) in [7, 11) is 0. The molecule has 0 aliphatic carbocycles. The van der Waals surface area contributed by atoms with Crippen molar-refractivity contribution in [1.82, 2.24) is 15.0 Å². The second-order valence-corrected chi connectivity index (χ2v) is 7.54. The molecule has 3 heterocycles. The number of nitrogens with zero attached hydrogens (tertiary/aromatic N) is 4. The number of pyridine rings is 3. The summed E-state index contributed by atoms with van der Waals surface area (Å²) >= 11 is 0. The van der Waals surface area contributed by atoms with E-state index in [1.807, 2.05) is 50.2 Å².